The fourth-order valence-corrected chi connectivity index (χ4v) is 2.79. The van der Waals surface area contributed by atoms with E-state index in [9.17, 15) is 5.21 Å². The van der Waals surface area contributed by atoms with Gasteiger partial charge in [-0.2, -0.15) is 0 Å². The molecule has 5 nitrogen and oxygen atoms in total. The molecule has 21 heavy (non-hydrogen) atoms. The highest BCUT2D eigenvalue weighted by Crippen LogP contribution is 2.23. The standard InChI is InChI=1S/C16H21N3O2/c1-12-3-5-14(6-4-12)16-15(17-21-19(16)20)11-18-9-7-13(2)8-10-18/h3-6,13H,7-11H2,1-2H3. The monoisotopic (exact) mass is 287 g/mol. The zero-order valence-electron chi connectivity index (χ0n) is 12.6. The molecule has 0 spiro atoms. The van der Waals surface area contributed by atoms with Crippen LogP contribution >= 0.6 is 0 Å². The summed E-state index contributed by atoms with van der Waals surface area (Å²) in [5.41, 5.74) is 3.29. The quantitative estimate of drug-likeness (QED) is 0.814. The van der Waals surface area contributed by atoms with E-state index < -0.39 is 0 Å². The summed E-state index contributed by atoms with van der Waals surface area (Å²) in [7, 11) is 0. The summed E-state index contributed by atoms with van der Waals surface area (Å²) in [4.78, 5) is 2.86. The van der Waals surface area contributed by atoms with Crippen LogP contribution in [0.15, 0.2) is 28.9 Å². The fourth-order valence-electron chi connectivity index (χ4n) is 2.79. The molecular weight excluding hydrogens is 266 g/mol. The first kappa shape index (κ1) is 14.1. The average molecular weight is 287 g/mol. The fraction of sp³-hybridized carbons (Fsp3) is 0.500. The van der Waals surface area contributed by atoms with Crippen molar-refractivity contribution in [2.24, 2.45) is 5.92 Å². The first-order chi connectivity index (χ1) is 10.1. The van der Waals surface area contributed by atoms with Crippen LogP contribution in [0.2, 0.25) is 0 Å². The van der Waals surface area contributed by atoms with Gasteiger partial charge in [0.1, 0.15) is 0 Å². The molecule has 0 amide bonds. The minimum absolute atomic E-state index is 0.520. The molecule has 0 aliphatic carbocycles. The molecule has 3 rings (SSSR count). The van der Waals surface area contributed by atoms with Gasteiger partial charge in [-0.05, 0) is 43.7 Å². The van der Waals surface area contributed by atoms with E-state index in [0.717, 1.165) is 30.3 Å². The Balaban J connectivity index is 1.82. The number of nitrogens with zero attached hydrogens (tertiary/aromatic N) is 3. The Kier molecular flexibility index (Phi) is 3.92. The van der Waals surface area contributed by atoms with Gasteiger partial charge in [-0.15, -0.1) is 0 Å². The van der Waals surface area contributed by atoms with Gasteiger partial charge in [0, 0.05) is 10.7 Å². The molecule has 1 saturated heterocycles. The maximum Gasteiger partial charge on any atom is 0.240 e. The molecular formula is C16H21N3O2. The van der Waals surface area contributed by atoms with Gasteiger partial charge in [-0.3, -0.25) is 9.53 Å². The Labute approximate surface area is 124 Å². The zero-order valence-corrected chi connectivity index (χ0v) is 12.6. The van der Waals surface area contributed by atoms with Crippen molar-refractivity contribution in [1.29, 1.82) is 0 Å². The molecule has 1 aliphatic heterocycles. The van der Waals surface area contributed by atoms with Gasteiger partial charge in [0.2, 0.25) is 11.4 Å². The summed E-state index contributed by atoms with van der Waals surface area (Å²) in [6, 6.07) is 7.87. The summed E-state index contributed by atoms with van der Waals surface area (Å²) in [6.45, 7) is 7.10. The SMILES string of the molecule is Cc1ccc(-c2c(CN3CCC(C)CC3)no[n+]2[O-])cc1. The number of piperidine rings is 1. The Hall–Kier alpha value is -1.88. The van der Waals surface area contributed by atoms with Crippen molar-refractivity contribution in [3.05, 3.63) is 40.7 Å². The van der Waals surface area contributed by atoms with Crippen LogP contribution in [-0.4, -0.2) is 23.1 Å². The van der Waals surface area contributed by atoms with Crippen molar-refractivity contribution in [1.82, 2.24) is 10.1 Å². The summed E-state index contributed by atoms with van der Waals surface area (Å²) < 4.78 is 4.83. The minimum atomic E-state index is 0.520. The van der Waals surface area contributed by atoms with E-state index in [0.29, 0.717) is 17.1 Å². The van der Waals surface area contributed by atoms with Crippen molar-refractivity contribution >= 4 is 0 Å². The highest BCUT2D eigenvalue weighted by molar-refractivity contribution is 5.58. The van der Waals surface area contributed by atoms with Gasteiger partial charge in [0.05, 0.1) is 6.54 Å². The number of benzene rings is 1. The predicted octanol–water partition coefficient (Wildman–Crippen LogP) is 2.52. The van der Waals surface area contributed by atoms with Gasteiger partial charge in [0.25, 0.3) is 0 Å². The molecule has 0 atom stereocenters. The molecule has 0 bridgehead atoms. The van der Waals surface area contributed by atoms with E-state index in [2.05, 4.69) is 17.0 Å². The van der Waals surface area contributed by atoms with Crippen LogP contribution in [0.1, 0.15) is 31.0 Å². The molecule has 1 fully saturated rings. The lowest BCUT2D eigenvalue weighted by molar-refractivity contribution is -0.793. The number of aryl methyl sites for hydroxylation is 1. The Bertz CT molecular complexity index is 598. The lowest BCUT2D eigenvalue weighted by atomic mass is 9.99. The van der Waals surface area contributed by atoms with Crippen LogP contribution < -0.4 is 4.90 Å². The second kappa shape index (κ2) is 5.85. The summed E-state index contributed by atoms with van der Waals surface area (Å²) >= 11 is 0. The summed E-state index contributed by atoms with van der Waals surface area (Å²) in [6.07, 6.45) is 2.41. The van der Waals surface area contributed by atoms with Crippen molar-refractivity contribution in [2.75, 3.05) is 13.1 Å². The lowest BCUT2D eigenvalue weighted by Crippen LogP contribution is -2.33. The third-order valence-corrected chi connectivity index (χ3v) is 4.26. The largest absolute Gasteiger partial charge is 0.359 e. The first-order valence-corrected chi connectivity index (χ1v) is 7.51. The number of likely N-dealkylation sites (tertiary alicyclic amines) is 1. The number of hydrogen-bond donors (Lipinski definition) is 0. The van der Waals surface area contributed by atoms with Crippen LogP contribution in [0.3, 0.4) is 0 Å². The highest BCUT2D eigenvalue weighted by atomic mass is 16.8. The molecule has 1 aromatic carbocycles. The van der Waals surface area contributed by atoms with E-state index >= 15 is 0 Å². The van der Waals surface area contributed by atoms with Gasteiger partial charge in [-0.1, -0.05) is 36.8 Å². The number of rotatable bonds is 3. The lowest BCUT2D eigenvalue weighted by Gasteiger charge is -2.28. The third-order valence-electron chi connectivity index (χ3n) is 4.26. The maximum atomic E-state index is 11.9. The summed E-state index contributed by atoms with van der Waals surface area (Å²) in [5.74, 6) is 0.791. The molecule has 0 radical (unpaired) electrons. The molecule has 0 unspecified atom stereocenters. The van der Waals surface area contributed by atoms with Crippen molar-refractivity contribution < 1.29 is 9.53 Å². The smallest absolute Gasteiger partial charge is 0.240 e. The molecule has 0 N–H and O–H groups in total. The molecule has 0 saturated carbocycles. The third kappa shape index (κ3) is 3.08. The Morgan fingerprint density at radius 1 is 1.29 bits per heavy atom. The normalized spacial score (nSPS) is 17.2. The maximum absolute atomic E-state index is 11.9. The molecule has 5 heteroatoms. The second-order valence-electron chi connectivity index (χ2n) is 6.05. The molecule has 112 valence electrons. The van der Waals surface area contributed by atoms with E-state index in [1.807, 2.05) is 31.2 Å². The predicted molar refractivity (Wildman–Crippen MR) is 79.3 cm³/mol. The van der Waals surface area contributed by atoms with Crippen LogP contribution in [0, 0.1) is 18.0 Å². The zero-order chi connectivity index (χ0) is 14.8. The van der Waals surface area contributed by atoms with Crippen LogP contribution in [-0.2, 0) is 6.54 Å². The minimum Gasteiger partial charge on any atom is -0.359 e. The van der Waals surface area contributed by atoms with Gasteiger partial charge in [-0.25, -0.2) is 0 Å². The van der Waals surface area contributed by atoms with Crippen molar-refractivity contribution in [3.63, 3.8) is 0 Å². The number of aromatic nitrogens is 2. The topological polar surface area (TPSA) is 56.2 Å². The van der Waals surface area contributed by atoms with Gasteiger partial charge in [0.15, 0.2) is 0 Å². The van der Waals surface area contributed by atoms with Crippen molar-refractivity contribution in [3.8, 4) is 11.3 Å². The summed E-state index contributed by atoms with van der Waals surface area (Å²) in [5, 5.41) is 15.8. The molecule has 2 heterocycles. The van der Waals surface area contributed by atoms with E-state index in [-0.39, 0.29) is 0 Å². The van der Waals surface area contributed by atoms with Crippen LogP contribution in [0.5, 0.6) is 0 Å². The second-order valence-corrected chi connectivity index (χ2v) is 6.05. The first-order valence-electron chi connectivity index (χ1n) is 7.51. The molecule has 1 aromatic heterocycles. The van der Waals surface area contributed by atoms with E-state index in [1.165, 1.54) is 18.4 Å². The Morgan fingerprint density at radius 3 is 2.62 bits per heavy atom. The van der Waals surface area contributed by atoms with Crippen LogP contribution in [0.4, 0.5) is 0 Å². The van der Waals surface area contributed by atoms with Gasteiger partial charge < -0.3 is 5.21 Å². The molecule has 2 aromatic rings. The number of hydrogen-bond acceptors (Lipinski definition) is 4. The van der Waals surface area contributed by atoms with Crippen LogP contribution in [0.25, 0.3) is 11.3 Å². The van der Waals surface area contributed by atoms with Gasteiger partial charge >= 0.3 is 0 Å². The van der Waals surface area contributed by atoms with Crippen molar-refractivity contribution in [2.45, 2.75) is 33.2 Å². The van der Waals surface area contributed by atoms with E-state index in [1.54, 1.807) is 0 Å². The van der Waals surface area contributed by atoms with E-state index in [4.69, 9.17) is 4.63 Å². The Morgan fingerprint density at radius 2 is 1.95 bits per heavy atom. The molecule has 1 aliphatic rings. The highest BCUT2D eigenvalue weighted by Gasteiger charge is 2.25. The average Bonchev–Trinajstić information content (AvgIpc) is 2.83.